The van der Waals surface area contributed by atoms with E-state index in [9.17, 15) is 4.39 Å². The molecule has 2 nitrogen and oxygen atoms in total. The fourth-order valence-electron chi connectivity index (χ4n) is 1.68. The van der Waals surface area contributed by atoms with Gasteiger partial charge in [0, 0.05) is 12.2 Å². The van der Waals surface area contributed by atoms with Gasteiger partial charge in [0.05, 0.1) is 0 Å². The minimum atomic E-state index is -0.214. The Morgan fingerprint density at radius 2 is 1.89 bits per heavy atom. The molecular weight excluding hydrogens is 259 g/mol. The van der Waals surface area contributed by atoms with Crippen molar-refractivity contribution in [1.82, 2.24) is 5.32 Å². The second kappa shape index (κ2) is 6.29. The second-order valence-electron chi connectivity index (χ2n) is 4.26. The molecule has 0 unspecified atom stereocenters. The number of aryl methyl sites for hydroxylation is 1. The molecule has 0 aliphatic rings. The van der Waals surface area contributed by atoms with Crippen LogP contribution in [0.5, 0.6) is 0 Å². The first-order valence-electron chi connectivity index (χ1n) is 6.00. The van der Waals surface area contributed by atoms with Crippen molar-refractivity contribution in [1.29, 1.82) is 0 Å². The molecule has 0 aliphatic carbocycles. The molecule has 2 N–H and O–H groups in total. The van der Waals surface area contributed by atoms with E-state index >= 15 is 0 Å². The van der Waals surface area contributed by atoms with Crippen molar-refractivity contribution in [3.05, 3.63) is 65.5 Å². The highest BCUT2D eigenvalue weighted by Gasteiger charge is 2.01. The van der Waals surface area contributed by atoms with E-state index in [4.69, 9.17) is 12.2 Å². The number of hydrogen-bond donors (Lipinski definition) is 2. The Morgan fingerprint density at radius 3 is 2.58 bits per heavy atom. The van der Waals surface area contributed by atoms with Crippen LogP contribution in [0.2, 0.25) is 0 Å². The molecule has 0 spiro atoms. The average Bonchev–Trinajstić information content (AvgIpc) is 2.42. The van der Waals surface area contributed by atoms with Crippen LogP contribution in [0.15, 0.2) is 48.5 Å². The van der Waals surface area contributed by atoms with Crippen LogP contribution in [0.4, 0.5) is 10.1 Å². The standard InChI is InChI=1S/C15H15FN2S/c1-11-9-13(7-8-14(11)16)18-15(19)17-10-12-5-3-2-4-6-12/h2-9H,10H2,1H3,(H2,17,18,19). The lowest BCUT2D eigenvalue weighted by molar-refractivity contribution is 0.619. The van der Waals surface area contributed by atoms with Crippen LogP contribution in [0.1, 0.15) is 11.1 Å². The molecule has 0 heterocycles. The predicted molar refractivity (Wildman–Crippen MR) is 80.6 cm³/mol. The van der Waals surface area contributed by atoms with E-state index in [1.54, 1.807) is 19.1 Å². The highest BCUT2D eigenvalue weighted by molar-refractivity contribution is 7.80. The van der Waals surface area contributed by atoms with Gasteiger partial charge in [-0.25, -0.2) is 4.39 Å². The Balaban J connectivity index is 1.89. The molecule has 0 atom stereocenters. The molecule has 4 heteroatoms. The molecule has 0 amide bonds. The third-order valence-electron chi connectivity index (χ3n) is 2.71. The minimum absolute atomic E-state index is 0.214. The fraction of sp³-hybridized carbons (Fsp3) is 0.133. The molecule has 0 aliphatic heterocycles. The first-order chi connectivity index (χ1) is 9.15. The maximum atomic E-state index is 13.1. The van der Waals surface area contributed by atoms with Gasteiger partial charge in [0.15, 0.2) is 5.11 Å². The minimum Gasteiger partial charge on any atom is -0.358 e. The highest BCUT2D eigenvalue weighted by atomic mass is 32.1. The van der Waals surface area contributed by atoms with Crippen LogP contribution in [-0.2, 0) is 6.54 Å². The van der Waals surface area contributed by atoms with Gasteiger partial charge in [-0.2, -0.15) is 0 Å². The number of rotatable bonds is 3. The van der Waals surface area contributed by atoms with Crippen molar-refractivity contribution in [2.24, 2.45) is 0 Å². The first-order valence-corrected chi connectivity index (χ1v) is 6.41. The van der Waals surface area contributed by atoms with Crippen molar-refractivity contribution in [2.45, 2.75) is 13.5 Å². The van der Waals surface area contributed by atoms with Gasteiger partial charge in [-0.1, -0.05) is 30.3 Å². The van der Waals surface area contributed by atoms with E-state index in [1.807, 2.05) is 30.3 Å². The number of anilines is 1. The molecular formula is C15H15FN2S. The second-order valence-corrected chi connectivity index (χ2v) is 4.67. The number of benzene rings is 2. The molecule has 0 saturated heterocycles. The van der Waals surface area contributed by atoms with Crippen molar-refractivity contribution in [2.75, 3.05) is 5.32 Å². The van der Waals surface area contributed by atoms with Crippen LogP contribution in [0.25, 0.3) is 0 Å². The summed E-state index contributed by atoms with van der Waals surface area (Å²) in [4.78, 5) is 0. The third-order valence-corrected chi connectivity index (χ3v) is 2.96. The van der Waals surface area contributed by atoms with Crippen LogP contribution >= 0.6 is 12.2 Å². The van der Waals surface area contributed by atoms with Gasteiger partial charge < -0.3 is 10.6 Å². The number of nitrogens with one attached hydrogen (secondary N) is 2. The first kappa shape index (κ1) is 13.5. The van der Waals surface area contributed by atoms with Gasteiger partial charge >= 0.3 is 0 Å². The molecule has 0 saturated carbocycles. The average molecular weight is 274 g/mol. The Hall–Kier alpha value is -1.94. The largest absolute Gasteiger partial charge is 0.358 e. The molecule has 19 heavy (non-hydrogen) atoms. The maximum Gasteiger partial charge on any atom is 0.171 e. The van der Waals surface area contributed by atoms with Gasteiger partial charge in [0.2, 0.25) is 0 Å². The molecule has 2 rings (SSSR count). The smallest absolute Gasteiger partial charge is 0.171 e. The predicted octanol–water partition coefficient (Wildman–Crippen LogP) is 3.62. The number of thiocarbonyl (C=S) groups is 1. The molecule has 2 aromatic carbocycles. The van der Waals surface area contributed by atoms with Crippen molar-refractivity contribution < 1.29 is 4.39 Å². The summed E-state index contributed by atoms with van der Waals surface area (Å²) >= 11 is 5.20. The summed E-state index contributed by atoms with van der Waals surface area (Å²) in [6.07, 6.45) is 0. The lowest BCUT2D eigenvalue weighted by Crippen LogP contribution is -2.27. The number of hydrogen-bond acceptors (Lipinski definition) is 1. The maximum absolute atomic E-state index is 13.1. The highest BCUT2D eigenvalue weighted by Crippen LogP contribution is 2.13. The zero-order chi connectivity index (χ0) is 13.7. The molecule has 98 valence electrons. The summed E-state index contributed by atoms with van der Waals surface area (Å²) in [6.45, 7) is 2.38. The molecule has 0 bridgehead atoms. The zero-order valence-corrected chi connectivity index (χ0v) is 11.4. The van der Waals surface area contributed by atoms with E-state index in [0.717, 1.165) is 11.3 Å². The van der Waals surface area contributed by atoms with E-state index in [0.29, 0.717) is 17.2 Å². The van der Waals surface area contributed by atoms with Crippen LogP contribution in [-0.4, -0.2) is 5.11 Å². The molecule has 0 fully saturated rings. The fourth-order valence-corrected chi connectivity index (χ4v) is 1.87. The van der Waals surface area contributed by atoms with Crippen LogP contribution in [0, 0.1) is 12.7 Å². The van der Waals surface area contributed by atoms with Crippen LogP contribution in [0.3, 0.4) is 0 Å². The van der Waals surface area contributed by atoms with Gasteiger partial charge in [-0.05, 0) is 48.5 Å². The van der Waals surface area contributed by atoms with E-state index in [2.05, 4.69) is 10.6 Å². The van der Waals surface area contributed by atoms with Gasteiger partial charge in [0.1, 0.15) is 5.82 Å². The third kappa shape index (κ3) is 4.03. The van der Waals surface area contributed by atoms with Crippen molar-refractivity contribution in [3.63, 3.8) is 0 Å². The van der Waals surface area contributed by atoms with Crippen LogP contribution < -0.4 is 10.6 Å². The Morgan fingerprint density at radius 1 is 1.16 bits per heavy atom. The lowest BCUT2D eigenvalue weighted by atomic mass is 10.2. The summed E-state index contributed by atoms with van der Waals surface area (Å²) in [5, 5.41) is 6.66. The Kier molecular flexibility index (Phi) is 4.47. The molecule has 2 aromatic rings. The summed E-state index contributed by atoms with van der Waals surface area (Å²) in [5.74, 6) is -0.214. The number of halogens is 1. The summed E-state index contributed by atoms with van der Waals surface area (Å²) in [5.41, 5.74) is 2.53. The monoisotopic (exact) mass is 274 g/mol. The molecule has 0 aromatic heterocycles. The zero-order valence-electron chi connectivity index (χ0n) is 10.6. The Bertz CT molecular complexity index is 570. The molecule has 0 radical (unpaired) electrons. The van der Waals surface area contributed by atoms with Gasteiger partial charge in [-0.15, -0.1) is 0 Å². The lowest BCUT2D eigenvalue weighted by Gasteiger charge is -2.11. The van der Waals surface area contributed by atoms with Crippen molar-refractivity contribution >= 4 is 23.0 Å². The normalized spacial score (nSPS) is 10.0. The Labute approximate surface area is 117 Å². The summed E-state index contributed by atoms with van der Waals surface area (Å²) < 4.78 is 13.1. The SMILES string of the molecule is Cc1cc(NC(=S)NCc2ccccc2)ccc1F. The van der Waals surface area contributed by atoms with E-state index in [1.165, 1.54) is 6.07 Å². The quantitative estimate of drug-likeness (QED) is 0.836. The van der Waals surface area contributed by atoms with Gasteiger partial charge in [-0.3, -0.25) is 0 Å². The summed E-state index contributed by atoms with van der Waals surface area (Å²) in [7, 11) is 0. The van der Waals surface area contributed by atoms with E-state index < -0.39 is 0 Å². The van der Waals surface area contributed by atoms with E-state index in [-0.39, 0.29) is 5.82 Å². The van der Waals surface area contributed by atoms with Crippen molar-refractivity contribution in [3.8, 4) is 0 Å². The summed E-state index contributed by atoms with van der Waals surface area (Å²) in [6, 6.07) is 14.8. The topological polar surface area (TPSA) is 24.1 Å². The van der Waals surface area contributed by atoms with Gasteiger partial charge in [0.25, 0.3) is 0 Å².